The molecule has 0 aliphatic heterocycles. The van der Waals surface area contributed by atoms with Gasteiger partial charge in [0.25, 0.3) is 5.91 Å². The number of aryl methyl sites for hydroxylation is 2. The molecule has 0 unspecified atom stereocenters. The summed E-state index contributed by atoms with van der Waals surface area (Å²) in [5.74, 6) is 0.468. The number of nitrogens with one attached hydrogen (secondary N) is 1. The summed E-state index contributed by atoms with van der Waals surface area (Å²) in [6.07, 6.45) is 4.80. The van der Waals surface area contributed by atoms with Crippen LogP contribution in [0.1, 0.15) is 10.4 Å². The molecular weight excluding hydrogens is 194 g/mol. The van der Waals surface area contributed by atoms with Crippen LogP contribution in [0.5, 0.6) is 0 Å². The molecule has 15 heavy (non-hydrogen) atoms. The van der Waals surface area contributed by atoms with E-state index in [0.29, 0.717) is 11.4 Å². The van der Waals surface area contributed by atoms with E-state index in [1.54, 1.807) is 41.9 Å². The summed E-state index contributed by atoms with van der Waals surface area (Å²) in [6, 6.07) is 1.73. The molecule has 1 amide bonds. The topological polar surface area (TPSA) is 64.7 Å². The van der Waals surface area contributed by atoms with Crippen molar-refractivity contribution in [2.75, 3.05) is 5.32 Å². The SMILES string of the molecule is Cn1cc(C(=O)Nc2ccnn2C)cn1. The number of rotatable bonds is 2. The van der Waals surface area contributed by atoms with E-state index < -0.39 is 0 Å². The van der Waals surface area contributed by atoms with E-state index in [1.165, 1.54) is 6.20 Å². The van der Waals surface area contributed by atoms with Gasteiger partial charge in [-0.25, -0.2) is 0 Å². The zero-order chi connectivity index (χ0) is 10.8. The number of aromatic nitrogens is 4. The Morgan fingerprint density at radius 1 is 1.40 bits per heavy atom. The number of amides is 1. The maximum atomic E-state index is 11.7. The van der Waals surface area contributed by atoms with Crippen LogP contribution < -0.4 is 5.32 Å². The maximum absolute atomic E-state index is 11.7. The maximum Gasteiger partial charge on any atom is 0.259 e. The third kappa shape index (κ3) is 1.88. The van der Waals surface area contributed by atoms with E-state index in [4.69, 9.17) is 0 Å². The van der Waals surface area contributed by atoms with Gasteiger partial charge in [0.15, 0.2) is 0 Å². The molecule has 0 aromatic carbocycles. The molecule has 2 heterocycles. The lowest BCUT2D eigenvalue weighted by Crippen LogP contribution is -2.13. The quantitative estimate of drug-likeness (QED) is 0.772. The standard InChI is InChI=1S/C9H11N5O/c1-13-6-7(5-11-13)9(15)12-8-3-4-10-14(8)2/h3-6H,1-2H3,(H,12,15). The summed E-state index contributed by atoms with van der Waals surface area (Å²) in [6.45, 7) is 0. The van der Waals surface area contributed by atoms with Crippen molar-refractivity contribution < 1.29 is 4.79 Å². The summed E-state index contributed by atoms with van der Waals surface area (Å²) >= 11 is 0. The highest BCUT2D eigenvalue weighted by Gasteiger charge is 2.09. The molecule has 6 nitrogen and oxygen atoms in total. The molecule has 0 saturated carbocycles. The number of anilines is 1. The van der Waals surface area contributed by atoms with Gasteiger partial charge in [0, 0.05) is 26.4 Å². The van der Waals surface area contributed by atoms with Crippen LogP contribution in [0, 0.1) is 0 Å². The van der Waals surface area contributed by atoms with Crippen molar-refractivity contribution in [3.8, 4) is 0 Å². The molecule has 0 saturated heterocycles. The number of hydrogen-bond donors (Lipinski definition) is 1. The second-order valence-corrected chi connectivity index (χ2v) is 3.20. The molecule has 2 aromatic heterocycles. The van der Waals surface area contributed by atoms with E-state index in [2.05, 4.69) is 15.5 Å². The molecule has 0 aliphatic rings. The van der Waals surface area contributed by atoms with Gasteiger partial charge in [-0.3, -0.25) is 14.2 Å². The zero-order valence-corrected chi connectivity index (χ0v) is 8.51. The van der Waals surface area contributed by atoms with Gasteiger partial charge in [-0.2, -0.15) is 10.2 Å². The van der Waals surface area contributed by atoms with Crippen LogP contribution in [-0.2, 0) is 14.1 Å². The minimum absolute atomic E-state index is 0.188. The van der Waals surface area contributed by atoms with Gasteiger partial charge in [0.2, 0.25) is 0 Å². The monoisotopic (exact) mass is 205 g/mol. The highest BCUT2D eigenvalue weighted by atomic mass is 16.1. The lowest BCUT2D eigenvalue weighted by atomic mass is 10.3. The number of nitrogens with zero attached hydrogens (tertiary/aromatic N) is 4. The van der Waals surface area contributed by atoms with Crippen LogP contribution in [0.25, 0.3) is 0 Å². The zero-order valence-electron chi connectivity index (χ0n) is 8.51. The summed E-state index contributed by atoms with van der Waals surface area (Å²) in [5.41, 5.74) is 0.527. The summed E-state index contributed by atoms with van der Waals surface area (Å²) in [4.78, 5) is 11.7. The molecule has 0 radical (unpaired) electrons. The van der Waals surface area contributed by atoms with Crippen LogP contribution in [0.3, 0.4) is 0 Å². The minimum Gasteiger partial charge on any atom is -0.307 e. The average molecular weight is 205 g/mol. The van der Waals surface area contributed by atoms with Crippen LogP contribution in [0.2, 0.25) is 0 Å². The summed E-state index contributed by atoms with van der Waals surface area (Å²) in [5, 5.41) is 10.6. The molecular formula is C9H11N5O. The van der Waals surface area contributed by atoms with Gasteiger partial charge < -0.3 is 5.32 Å². The van der Waals surface area contributed by atoms with Gasteiger partial charge in [-0.05, 0) is 0 Å². The lowest BCUT2D eigenvalue weighted by Gasteiger charge is -2.02. The fourth-order valence-electron chi connectivity index (χ4n) is 1.22. The summed E-state index contributed by atoms with van der Waals surface area (Å²) in [7, 11) is 3.53. The van der Waals surface area contributed by atoms with Gasteiger partial charge in [0.1, 0.15) is 5.82 Å². The van der Waals surface area contributed by atoms with E-state index in [-0.39, 0.29) is 5.91 Å². The Labute approximate surface area is 86.5 Å². The normalized spacial score (nSPS) is 10.3. The first-order valence-electron chi connectivity index (χ1n) is 4.45. The fourth-order valence-corrected chi connectivity index (χ4v) is 1.22. The van der Waals surface area contributed by atoms with Gasteiger partial charge in [-0.15, -0.1) is 0 Å². The van der Waals surface area contributed by atoms with E-state index in [9.17, 15) is 4.79 Å². The molecule has 0 bridgehead atoms. The first-order valence-corrected chi connectivity index (χ1v) is 4.45. The number of hydrogen-bond acceptors (Lipinski definition) is 3. The molecule has 1 N–H and O–H groups in total. The van der Waals surface area contributed by atoms with Crippen LogP contribution in [-0.4, -0.2) is 25.5 Å². The van der Waals surface area contributed by atoms with E-state index in [0.717, 1.165) is 0 Å². The van der Waals surface area contributed by atoms with Gasteiger partial charge in [-0.1, -0.05) is 0 Å². The van der Waals surface area contributed by atoms with Crippen molar-refractivity contribution in [2.24, 2.45) is 14.1 Å². The third-order valence-electron chi connectivity index (χ3n) is 2.03. The number of carbonyl (C=O) groups excluding carboxylic acids is 1. The molecule has 0 aliphatic carbocycles. The Hall–Kier alpha value is -2.11. The third-order valence-corrected chi connectivity index (χ3v) is 2.03. The van der Waals surface area contributed by atoms with Crippen LogP contribution in [0.15, 0.2) is 24.7 Å². The number of carbonyl (C=O) groups is 1. The highest BCUT2D eigenvalue weighted by molar-refractivity contribution is 6.03. The molecule has 78 valence electrons. The van der Waals surface area contributed by atoms with Crippen molar-refractivity contribution in [3.63, 3.8) is 0 Å². The molecule has 6 heteroatoms. The molecule has 0 fully saturated rings. The predicted octanol–water partition coefficient (Wildman–Crippen LogP) is 0.406. The fraction of sp³-hybridized carbons (Fsp3) is 0.222. The molecule has 0 spiro atoms. The van der Waals surface area contributed by atoms with Crippen LogP contribution >= 0.6 is 0 Å². The Morgan fingerprint density at radius 2 is 2.20 bits per heavy atom. The Bertz CT molecular complexity index is 484. The van der Waals surface area contributed by atoms with E-state index in [1.807, 2.05) is 0 Å². The van der Waals surface area contributed by atoms with Gasteiger partial charge in [0.05, 0.1) is 18.0 Å². The van der Waals surface area contributed by atoms with Crippen molar-refractivity contribution in [3.05, 3.63) is 30.2 Å². The largest absolute Gasteiger partial charge is 0.307 e. The first-order chi connectivity index (χ1) is 7.16. The van der Waals surface area contributed by atoms with Crippen molar-refractivity contribution in [2.45, 2.75) is 0 Å². The highest BCUT2D eigenvalue weighted by Crippen LogP contribution is 2.06. The second kappa shape index (κ2) is 3.56. The van der Waals surface area contributed by atoms with E-state index >= 15 is 0 Å². The van der Waals surface area contributed by atoms with Crippen molar-refractivity contribution in [1.82, 2.24) is 19.6 Å². The predicted molar refractivity (Wildman–Crippen MR) is 54.4 cm³/mol. The van der Waals surface area contributed by atoms with Gasteiger partial charge >= 0.3 is 0 Å². The Kier molecular flexibility index (Phi) is 2.24. The van der Waals surface area contributed by atoms with Crippen LogP contribution in [0.4, 0.5) is 5.82 Å². The molecule has 0 atom stereocenters. The smallest absolute Gasteiger partial charge is 0.259 e. The average Bonchev–Trinajstić information content (AvgIpc) is 2.77. The minimum atomic E-state index is -0.188. The summed E-state index contributed by atoms with van der Waals surface area (Å²) < 4.78 is 3.17. The second-order valence-electron chi connectivity index (χ2n) is 3.20. The molecule has 2 rings (SSSR count). The Morgan fingerprint density at radius 3 is 2.73 bits per heavy atom. The van der Waals surface area contributed by atoms with Crippen molar-refractivity contribution in [1.29, 1.82) is 0 Å². The lowest BCUT2D eigenvalue weighted by molar-refractivity contribution is 0.102. The Balaban J connectivity index is 2.14. The molecule has 2 aromatic rings. The first kappa shape index (κ1) is 9.45. The van der Waals surface area contributed by atoms with Crippen molar-refractivity contribution >= 4 is 11.7 Å².